The predicted molar refractivity (Wildman–Crippen MR) is 110 cm³/mol. The summed E-state index contributed by atoms with van der Waals surface area (Å²) < 4.78 is 24.7. The molecule has 0 radical (unpaired) electrons. The largest absolute Gasteiger partial charge is 0.385 e. The van der Waals surface area contributed by atoms with Gasteiger partial charge in [-0.05, 0) is 56.2 Å². The maximum Gasteiger partial charge on any atom is 0.194 e. The Morgan fingerprint density at radius 1 is 1.32 bits per heavy atom. The third kappa shape index (κ3) is 5.23. The van der Waals surface area contributed by atoms with Crippen LogP contribution in [0.5, 0.6) is 0 Å². The number of aliphatic imine (C=N–C) groups is 1. The highest BCUT2D eigenvalue weighted by molar-refractivity contribution is 5.80. The molecule has 2 fully saturated rings. The second-order valence-corrected chi connectivity index (χ2v) is 8.16. The molecule has 0 bridgehead atoms. The number of morpholine rings is 1. The molecule has 28 heavy (non-hydrogen) atoms. The summed E-state index contributed by atoms with van der Waals surface area (Å²) in [5.41, 5.74) is 1.30. The normalized spacial score (nSPS) is 24.7. The summed E-state index contributed by atoms with van der Waals surface area (Å²) in [6.45, 7) is 8.16. The van der Waals surface area contributed by atoms with Gasteiger partial charge in [0, 0.05) is 33.4 Å². The van der Waals surface area contributed by atoms with Crippen LogP contribution >= 0.6 is 0 Å². The van der Waals surface area contributed by atoms with Gasteiger partial charge in [-0.2, -0.15) is 0 Å². The lowest BCUT2D eigenvalue weighted by molar-refractivity contribution is -0.0606. The highest BCUT2D eigenvalue weighted by atomic mass is 19.1. The first-order valence-electron chi connectivity index (χ1n) is 10.5. The van der Waals surface area contributed by atoms with Gasteiger partial charge in [0.05, 0.1) is 12.6 Å². The maximum absolute atomic E-state index is 13.3. The molecule has 1 aromatic carbocycles. The van der Waals surface area contributed by atoms with Crippen LogP contribution in [0, 0.1) is 11.2 Å². The minimum Gasteiger partial charge on any atom is -0.385 e. The first-order valence-corrected chi connectivity index (χ1v) is 10.5. The van der Waals surface area contributed by atoms with E-state index in [1.807, 2.05) is 12.1 Å². The molecule has 0 aromatic heterocycles. The van der Waals surface area contributed by atoms with Crippen molar-refractivity contribution in [3.05, 3.63) is 35.6 Å². The molecule has 1 aliphatic carbocycles. The fourth-order valence-corrected chi connectivity index (χ4v) is 4.14. The lowest BCUT2D eigenvalue weighted by atomic mass is 9.67. The Labute approximate surface area is 168 Å². The molecule has 5 nitrogen and oxygen atoms in total. The Morgan fingerprint density at radius 2 is 2.07 bits per heavy atom. The van der Waals surface area contributed by atoms with Gasteiger partial charge >= 0.3 is 0 Å². The SMILES string of the molecule is CCNC(=NCC1(CCOC)CCC1)N1CC(C)OC(c2ccc(F)cc2)C1. The lowest BCUT2D eigenvalue weighted by Gasteiger charge is -2.42. The smallest absolute Gasteiger partial charge is 0.194 e. The third-order valence-corrected chi connectivity index (χ3v) is 5.95. The van der Waals surface area contributed by atoms with Gasteiger partial charge in [-0.25, -0.2) is 4.39 Å². The molecule has 1 saturated heterocycles. The van der Waals surface area contributed by atoms with Crippen LogP contribution in [0.25, 0.3) is 0 Å². The average molecular weight is 392 g/mol. The molecule has 1 heterocycles. The average Bonchev–Trinajstić information content (AvgIpc) is 2.66. The van der Waals surface area contributed by atoms with Crippen molar-refractivity contribution in [2.75, 3.05) is 39.9 Å². The minimum atomic E-state index is -0.221. The van der Waals surface area contributed by atoms with E-state index < -0.39 is 0 Å². The summed E-state index contributed by atoms with van der Waals surface area (Å²) in [5, 5.41) is 3.46. The molecule has 1 saturated carbocycles. The quantitative estimate of drug-likeness (QED) is 0.568. The molecule has 1 aliphatic heterocycles. The molecule has 2 unspecified atom stereocenters. The van der Waals surface area contributed by atoms with Crippen molar-refractivity contribution in [1.29, 1.82) is 0 Å². The molecular weight excluding hydrogens is 357 g/mol. The van der Waals surface area contributed by atoms with E-state index in [1.54, 1.807) is 7.11 Å². The van der Waals surface area contributed by atoms with Crippen LogP contribution in [0.3, 0.4) is 0 Å². The molecule has 2 atom stereocenters. The molecule has 0 amide bonds. The molecule has 2 aliphatic rings. The zero-order valence-corrected chi connectivity index (χ0v) is 17.4. The van der Waals surface area contributed by atoms with Gasteiger partial charge in [-0.1, -0.05) is 18.6 Å². The zero-order valence-electron chi connectivity index (χ0n) is 17.4. The van der Waals surface area contributed by atoms with Crippen molar-refractivity contribution in [2.24, 2.45) is 10.4 Å². The molecule has 1 N–H and O–H groups in total. The molecule has 6 heteroatoms. The number of halogens is 1. The number of nitrogens with one attached hydrogen (secondary N) is 1. The zero-order chi connectivity index (χ0) is 20.0. The van der Waals surface area contributed by atoms with E-state index in [0.29, 0.717) is 12.0 Å². The molecule has 156 valence electrons. The van der Waals surface area contributed by atoms with Crippen LogP contribution in [0.4, 0.5) is 4.39 Å². The Balaban J connectivity index is 1.71. The summed E-state index contributed by atoms with van der Waals surface area (Å²) >= 11 is 0. The van der Waals surface area contributed by atoms with E-state index in [9.17, 15) is 4.39 Å². The first-order chi connectivity index (χ1) is 13.5. The van der Waals surface area contributed by atoms with E-state index in [4.69, 9.17) is 14.5 Å². The van der Waals surface area contributed by atoms with Gasteiger partial charge < -0.3 is 19.7 Å². The van der Waals surface area contributed by atoms with Crippen molar-refractivity contribution >= 4 is 5.96 Å². The Bertz CT molecular complexity index is 646. The number of guanidine groups is 1. The fourth-order valence-electron chi connectivity index (χ4n) is 4.14. The molecular formula is C22H34FN3O2. The Kier molecular flexibility index (Phi) is 7.30. The Hall–Kier alpha value is -1.66. The number of nitrogens with zero attached hydrogens (tertiary/aromatic N) is 2. The van der Waals surface area contributed by atoms with Gasteiger partial charge in [0.15, 0.2) is 5.96 Å². The van der Waals surface area contributed by atoms with E-state index in [0.717, 1.165) is 44.2 Å². The van der Waals surface area contributed by atoms with Gasteiger partial charge in [0.25, 0.3) is 0 Å². The number of hydrogen-bond donors (Lipinski definition) is 1. The lowest BCUT2D eigenvalue weighted by Crippen LogP contribution is -2.51. The number of rotatable bonds is 7. The number of hydrogen-bond acceptors (Lipinski definition) is 3. The molecule has 0 spiro atoms. The van der Waals surface area contributed by atoms with Crippen LogP contribution in [0.2, 0.25) is 0 Å². The van der Waals surface area contributed by atoms with Gasteiger partial charge in [-0.3, -0.25) is 4.99 Å². The van der Waals surface area contributed by atoms with Crippen LogP contribution in [0.15, 0.2) is 29.3 Å². The molecule has 3 rings (SSSR count). The van der Waals surface area contributed by atoms with Crippen molar-refractivity contribution in [2.45, 2.75) is 51.7 Å². The highest BCUT2D eigenvalue weighted by Gasteiger charge is 2.37. The van der Waals surface area contributed by atoms with Crippen LogP contribution in [0.1, 0.15) is 51.2 Å². The summed E-state index contributed by atoms with van der Waals surface area (Å²) in [7, 11) is 1.77. The van der Waals surface area contributed by atoms with Crippen molar-refractivity contribution in [1.82, 2.24) is 10.2 Å². The van der Waals surface area contributed by atoms with Crippen LogP contribution in [-0.2, 0) is 9.47 Å². The second-order valence-electron chi connectivity index (χ2n) is 8.16. The number of benzene rings is 1. The van der Waals surface area contributed by atoms with Gasteiger partial charge in [0.2, 0.25) is 0 Å². The van der Waals surface area contributed by atoms with E-state index in [-0.39, 0.29) is 18.0 Å². The standard InChI is InChI=1S/C22H34FN3O2/c1-4-24-21(25-16-22(10-5-11-22)12-13-27-3)26-14-17(2)28-20(15-26)18-6-8-19(23)9-7-18/h6-9,17,20H,4-5,10-16H2,1-3H3,(H,24,25). The summed E-state index contributed by atoms with van der Waals surface area (Å²) in [4.78, 5) is 7.31. The summed E-state index contributed by atoms with van der Waals surface area (Å²) in [5.74, 6) is 0.731. The number of ether oxygens (including phenoxy) is 2. The predicted octanol–water partition coefficient (Wildman–Crippen LogP) is 3.76. The van der Waals surface area contributed by atoms with Crippen molar-refractivity contribution in [3.63, 3.8) is 0 Å². The van der Waals surface area contributed by atoms with E-state index in [1.165, 1.54) is 31.4 Å². The topological polar surface area (TPSA) is 46.1 Å². The minimum absolute atomic E-state index is 0.0822. The summed E-state index contributed by atoms with van der Waals surface area (Å²) in [6, 6.07) is 6.62. The third-order valence-electron chi connectivity index (χ3n) is 5.95. The monoisotopic (exact) mass is 391 g/mol. The molecule has 1 aromatic rings. The first kappa shape index (κ1) is 21.1. The highest BCUT2D eigenvalue weighted by Crippen LogP contribution is 2.44. The van der Waals surface area contributed by atoms with E-state index in [2.05, 4.69) is 24.1 Å². The second kappa shape index (κ2) is 9.70. The number of methoxy groups -OCH3 is 1. The Morgan fingerprint density at radius 3 is 2.68 bits per heavy atom. The van der Waals surface area contributed by atoms with Gasteiger partial charge in [-0.15, -0.1) is 0 Å². The van der Waals surface area contributed by atoms with Crippen molar-refractivity contribution in [3.8, 4) is 0 Å². The van der Waals surface area contributed by atoms with Gasteiger partial charge in [0.1, 0.15) is 11.9 Å². The fraction of sp³-hybridized carbons (Fsp3) is 0.682. The van der Waals surface area contributed by atoms with Crippen molar-refractivity contribution < 1.29 is 13.9 Å². The van der Waals surface area contributed by atoms with E-state index >= 15 is 0 Å². The van der Waals surface area contributed by atoms with Crippen LogP contribution in [-0.4, -0.2) is 56.9 Å². The summed E-state index contributed by atoms with van der Waals surface area (Å²) in [6.07, 6.45) is 4.83. The maximum atomic E-state index is 13.3. The van der Waals surface area contributed by atoms with Crippen LogP contribution < -0.4 is 5.32 Å².